The van der Waals surface area contributed by atoms with Crippen LogP contribution in [0.4, 0.5) is 0 Å². The summed E-state index contributed by atoms with van der Waals surface area (Å²) in [5.74, 6) is 1.49. The van der Waals surface area contributed by atoms with Crippen LogP contribution in [-0.2, 0) is 11.3 Å². The fraction of sp³-hybridized carbons (Fsp3) is 0.455. The number of phenols is 1. The van der Waals surface area contributed by atoms with E-state index in [1.54, 1.807) is 19.2 Å². The van der Waals surface area contributed by atoms with Crippen LogP contribution in [0.2, 0.25) is 0 Å². The van der Waals surface area contributed by atoms with Crippen molar-refractivity contribution in [2.45, 2.75) is 6.54 Å². The predicted molar refractivity (Wildman–Crippen MR) is 57.8 cm³/mol. The Hall–Kier alpha value is -1.46. The molecule has 0 aliphatic carbocycles. The van der Waals surface area contributed by atoms with Crippen molar-refractivity contribution >= 4 is 0 Å². The number of hydrogen-bond donors (Lipinski definition) is 2. The molecule has 1 aromatic rings. The first-order valence-electron chi connectivity index (χ1n) is 5.12. The molecule has 5 nitrogen and oxygen atoms in total. The molecule has 1 aromatic carbocycles. The maximum Gasteiger partial charge on any atom is 0.231 e. The monoisotopic (exact) mass is 225 g/mol. The normalized spacial score (nSPS) is 13.1. The summed E-state index contributed by atoms with van der Waals surface area (Å²) in [6.07, 6.45) is 0. The quantitative estimate of drug-likeness (QED) is 0.728. The van der Waals surface area contributed by atoms with Gasteiger partial charge in [-0.3, -0.25) is 0 Å². The molecule has 5 heteroatoms. The molecule has 0 aromatic heterocycles. The van der Waals surface area contributed by atoms with E-state index < -0.39 is 0 Å². The van der Waals surface area contributed by atoms with Gasteiger partial charge in [-0.25, -0.2) is 0 Å². The number of fused-ring (bicyclic) bond motifs is 1. The van der Waals surface area contributed by atoms with E-state index in [-0.39, 0.29) is 12.5 Å². The van der Waals surface area contributed by atoms with Gasteiger partial charge in [-0.05, 0) is 6.07 Å². The van der Waals surface area contributed by atoms with Crippen LogP contribution in [0.3, 0.4) is 0 Å². The van der Waals surface area contributed by atoms with Gasteiger partial charge in [0.25, 0.3) is 0 Å². The molecule has 0 spiro atoms. The van der Waals surface area contributed by atoms with Crippen LogP contribution >= 0.6 is 0 Å². The highest BCUT2D eigenvalue weighted by Gasteiger charge is 2.16. The molecule has 0 unspecified atom stereocenters. The molecule has 0 radical (unpaired) electrons. The van der Waals surface area contributed by atoms with Gasteiger partial charge >= 0.3 is 0 Å². The van der Waals surface area contributed by atoms with E-state index in [9.17, 15) is 5.11 Å². The molecule has 0 atom stereocenters. The summed E-state index contributed by atoms with van der Waals surface area (Å²) >= 11 is 0. The van der Waals surface area contributed by atoms with Crippen LogP contribution in [-0.4, -0.2) is 32.2 Å². The predicted octanol–water partition coefficient (Wildman–Crippen LogP) is 0.857. The maximum absolute atomic E-state index is 9.72. The smallest absolute Gasteiger partial charge is 0.231 e. The number of nitrogens with one attached hydrogen (secondary N) is 1. The van der Waals surface area contributed by atoms with Crippen molar-refractivity contribution in [2.75, 3.05) is 27.1 Å². The summed E-state index contributed by atoms with van der Waals surface area (Å²) in [4.78, 5) is 0. The van der Waals surface area contributed by atoms with Gasteiger partial charge < -0.3 is 24.6 Å². The Morgan fingerprint density at radius 1 is 1.38 bits per heavy atom. The van der Waals surface area contributed by atoms with Crippen molar-refractivity contribution in [3.8, 4) is 17.2 Å². The molecule has 1 aliphatic rings. The van der Waals surface area contributed by atoms with E-state index in [1.165, 1.54) is 0 Å². The molecule has 0 saturated heterocycles. The van der Waals surface area contributed by atoms with Crippen LogP contribution in [0.5, 0.6) is 17.2 Å². The summed E-state index contributed by atoms with van der Waals surface area (Å²) in [5.41, 5.74) is 0.792. The van der Waals surface area contributed by atoms with Gasteiger partial charge in [0.15, 0.2) is 11.5 Å². The number of benzene rings is 1. The Balaban J connectivity index is 1.98. The van der Waals surface area contributed by atoms with Crippen molar-refractivity contribution in [2.24, 2.45) is 0 Å². The van der Waals surface area contributed by atoms with Crippen LogP contribution in [0, 0.1) is 0 Å². The number of hydrogen-bond acceptors (Lipinski definition) is 5. The lowest BCUT2D eigenvalue weighted by molar-refractivity contribution is 0.174. The number of methoxy groups -OCH3 is 1. The first-order chi connectivity index (χ1) is 7.81. The number of ether oxygens (including phenoxy) is 3. The fourth-order valence-corrected chi connectivity index (χ4v) is 1.51. The Morgan fingerprint density at radius 2 is 2.12 bits per heavy atom. The molecule has 0 bridgehead atoms. The molecule has 0 saturated carbocycles. The molecule has 1 aliphatic heterocycles. The van der Waals surface area contributed by atoms with Gasteiger partial charge in [-0.1, -0.05) is 0 Å². The molecule has 0 fully saturated rings. The Morgan fingerprint density at radius 3 is 2.88 bits per heavy atom. The molecule has 1 heterocycles. The van der Waals surface area contributed by atoms with Gasteiger partial charge in [0, 0.05) is 31.8 Å². The fourth-order valence-electron chi connectivity index (χ4n) is 1.51. The van der Waals surface area contributed by atoms with Crippen molar-refractivity contribution < 1.29 is 19.3 Å². The van der Waals surface area contributed by atoms with Gasteiger partial charge in [-0.15, -0.1) is 0 Å². The van der Waals surface area contributed by atoms with Crippen LogP contribution in [0.25, 0.3) is 0 Å². The van der Waals surface area contributed by atoms with Crippen LogP contribution in [0.15, 0.2) is 12.1 Å². The lowest BCUT2D eigenvalue weighted by Gasteiger charge is -2.07. The first-order valence-corrected chi connectivity index (χ1v) is 5.12. The first kappa shape index (κ1) is 11.0. The minimum atomic E-state index is 0.217. The van der Waals surface area contributed by atoms with Gasteiger partial charge in [0.2, 0.25) is 6.79 Å². The zero-order valence-electron chi connectivity index (χ0n) is 9.16. The third-order valence-corrected chi connectivity index (χ3v) is 2.37. The largest absolute Gasteiger partial charge is 0.507 e. The Labute approximate surface area is 93.9 Å². The van der Waals surface area contributed by atoms with E-state index in [1.807, 2.05) is 0 Å². The summed E-state index contributed by atoms with van der Waals surface area (Å²) in [5, 5.41) is 12.9. The second-order valence-electron chi connectivity index (χ2n) is 3.50. The van der Waals surface area contributed by atoms with Gasteiger partial charge in [0.05, 0.1) is 6.61 Å². The molecular formula is C11H15NO4. The second kappa shape index (κ2) is 5.05. The lowest BCUT2D eigenvalue weighted by Crippen LogP contribution is -2.18. The summed E-state index contributed by atoms with van der Waals surface area (Å²) in [7, 11) is 1.65. The van der Waals surface area contributed by atoms with Crippen LogP contribution < -0.4 is 14.8 Å². The van der Waals surface area contributed by atoms with Crippen LogP contribution in [0.1, 0.15) is 5.56 Å². The third kappa shape index (κ3) is 2.37. The molecule has 88 valence electrons. The summed E-state index contributed by atoms with van der Waals surface area (Å²) in [6.45, 7) is 2.18. The van der Waals surface area contributed by atoms with Gasteiger partial charge in [-0.2, -0.15) is 0 Å². The van der Waals surface area contributed by atoms with E-state index in [4.69, 9.17) is 14.2 Å². The van der Waals surface area contributed by atoms with Crippen molar-refractivity contribution in [3.63, 3.8) is 0 Å². The molecule has 2 rings (SSSR count). The summed E-state index contributed by atoms with van der Waals surface area (Å²) < 4.78 is 15.3. The lowest BCUT2D eigenvalue weighted by atomic mass is 10.1. The van der Waals surface area contributed by atoms with Crippen molar-refractivity contribution in [3.05, 3.63) is 17.7 Å². The SMILES string of the molecule is COCCNCc1cc2c(cc1O)OCO2. The number of rotatable bonds is 5. The average Bonchev–Trinajstić information content (AvgIpc) is 2.71. The second-order valence-corrected chi connectivity index (χ2v) is 3.50. The maximum atomic E-state index is 9.72. The molecule has 0 amide bonds. The number of phenolic OH excluding ortho intramolecular Hbond substituents is 1. The highest BCUT2D eigenvalue weighted by Crippen LogP contribution is 2.37. The molecule has 2 N–H and O–H groups in total. The van der Waals surface area contributed by atoms with E-state index in [0.717, 1.165) is 12.1 Å². The average molecular weight is 225 g/mol. The van der Waals surface area contributed by atoms with E-state index >= 15 is 0 Å². The minimum Gasteiger partial charge on any atom is -0.507 e. The summed E-state index contributed by atoms with van der Waals surface area (Å²) in [6, 6.07) is 3.37. The van der Waals surface area contributed by atoms with Gasteiger partial charge in [0.1, 0.15) is 5.75 Å². The topological polar surface area (TPSA) is 60.0 Å². The van der Waals surface area contributed by atoms with E-state index in [0.29, 0.717) is 24.7 Å². The molecule has 16 heavy (non-hydrogen) atoms. The van der Waals surface area contributed by atoms with E-state index in [2.05, 4.69) is 5.32 Å². The zero-order chi connectivity index (χ0) is 11.4. The standard InChI is InChI=1S/C11H15NO4/c1-14-3-2-12-6-8-4-10-11(5-9(8)13)16-7-15-10/h4-5,12-13H,2-3,6-7H2,1H3. The minimum absolute atomic E-state index is 0.217. The molecular weight excluding hydrogens is 210 g/mol. The highest BCUT2D eigenvalue weighted by atomic mass is 16.7. The Bertz CT molecular complexity index is 367. The van der Waals surface area contributed by atoms with Crippen molar-refractivity contribution in [1.82, 2.24) is 5.32 Å². The zero-order valence-corrected chi connectivity index (χ0v) is 9.16. The number of aromatic hydroxyl groups is 1. The highest BCUT2D eigenvalue weighted by molar-refractivity contribution is 5.51. The van der Waals surface area contributed by atoms with Crippen molar-refractivity contribution in [1.29, 1.82) is 0 Å². The third-order valence-electron chi connectivity index (χ3n) is 2.37. The Kier molecular flexibility index (Phi) is 3.48.